The highest BCUT2D eigenvalue weighted by molar-refractivity contribution is 9.10. The number of nitrogens with zero attached hydrogens (tertiary/aromatic N) is 3. The van der Waals surface area contributed by atoms with Gasteiger partial charge in [-0.1, -0.05) is 22.0 Å². The fraction of sp³-hybridized carbons (Fsp3) is 0.391. The molecule has 186 valence electrons. The zero-order valence-corrected chi connectivity index (χ0v) is 21.4. The maximum Gasteiger partial charge on any atom is 0.302 e. The zero-order chi connectivity index (χ0) is 24.8. The Labute approximate surface area is 214 Å². The fourth-order valence-corrected chi connectivity index (χ4v) is 4.98. The van der Waals surface area contributed by atoms with Crippen LogP contribution in [-0.2, 0) is 19.1 Å². The van der Waals surface area contributed by atoms with Gasteiger partial charge >= 0.3 is 5.97 Å². The number of amides is 1. The third kappa shape index (κ3) is 6.72. The molecule has 0 saturated carbocycles. The van der Waals surface area contributed by atoms with Gasteiger partial charge in [0.05, 0.1) is 25.8 Å². The van der Waals surface area contributed by atoms with Crippen molar-refractivity contribution in [3.8, 4) is 0 Å². The highest BCUT2D eigenvalue weighted by Crippen LogP contribution is 2.31. The summed E-state index contributed by atoms with van der Waals surface area (Å²) >= 11 is 4.92. The van der Waals surface area contributed by atoms with E-state index in [0.29, 0.717) is 30.0 Å². The summed E-state index contributed by atoms with van der Waals surface area (Å²) < 4.78 is 24.8. The molecule has 2 N–H and O–H groups in total. The van der Waals surface area contributed by atoms with Gasteiger partial charge in [-0.2, -0.15) is 0 Å². The monoisotopic (exact) mass is 565 g/mol. The second kappa shape index (κ2) is 11.8. The number of hydrogen-bond acceptors (Lipinski definition) is 9. The summed E-state index contributed by atoms with van der Waals surface area (Å²) in [6.45, 7) is 3.44. The number of carbonyl (C=O) groups is 2. The van der Waals surface area contributed by atoms with E-state index in [2.05, 4.69) is 31.5 Å². The molecule has 35 heavy (non-hydrogen) atoms. The van der Waals surface area contributed by atoms with Gasteiger partial charge in [-0.25, -0.2) is 9.37 Å². The number of carbonyl (C=O) groups excluding carboxylic acids is 2. The van der Waals surface area contributed by atoms with Crippen molar-refractivity contribution < 1.29 is 23.5 Å². The number of hydrogen-bond donors (Lipinski definition) is 2. The Kier molecular flexibility index (Phi) is 8.60. The van der Waals surface area contributed by atoms with Gasteiger partial charge in [0.1, 0.15) is 18.5 Å². The van der Waals surface area contributed by atoms with Crippen molar-refractivity contribution in [1.29, 1.82) is 0 Å². The van der Waals surface area contributed by atoms with Gasteiger partial charge in [-0.05, 0) is 23.8 Å². The average molecular weight is 566 g/mol. The van der Waals surface area contributed by atoms with E-state index in [4.69, 9.17) is 14.5 Å². The summed E-state index contributed by atoms with van der Waals surface area (Å²) in [6, 6.07) is 3.67. The summed E-state index contributed by atoms with van der Waals surface area (Å²) in [7, 11) is 0. The van der Waals surface area contributed by atoms with Crippen LogP contribution in [-0.4, -0.2) is 73.1 Å². The van der Waals surface area contributed by atoms with E-state index < -0.39 is 12.0 Å². The van der Waals surface area contributed by atoms with Crippen molar-refractivity contribution in [3.05, 3.63) is 62.4 Å². The van der Waals surface area contributed by atoms with Gasteiger partial charge in [0, 0.05) is 41.8 Å². The number of benzene rings is 1. The van der Waals surface area contributed by atoms with E-state index >= 15 is 0 Å². The van der Waals surface area contributed by atoms with Crippen LogP contribution in [0.5, 0.6) is 0 Å². The Balaban J connectivity index is 1.52. The molecule has 12 heteroatoms. The number of rotatable bonds is 8. The molecule has 2 aliphatic heterocycles. The molecular formula is C23H25BrFN5O4S. The van der Waals surface area contributed by atoms with Crippen molar-refractivity contribution in [2.75, 3.05) is 39.5 Å². The number of thiazole rings is 1. The number of aliphatic imine (C=N–C) groups is 1. The summed E-state index contributed by atoms with van der Waals surface area (Å²) in [6.07, 6.45) is 3.68. The third-order valence-electron chi connectivity index (χ3n) is 5.44. The number of ether oxygens (including phenoxy) is 2. The van der Waals surface area contributed by atoms with Crippen LogP contribution < -0.4 is 10.6 Å². The van der Waals surface area contributed by atoms with Crippen molar-refractivity contribution >= 4 is 45.0 Å². The smallest absolute Gasteiger partial charge is 0.302 e. The summed E-state index contributed by atoms with van der Waals surface area (Å²) in [4.78, 5) is 35.0. The molecule has 9 nitrogen and oxygen atoms in total. The first kappa shape index (κ1) is 25.4. The molecular weight excluding hydrogens is 541 g/mol. The first-order valence-electron chi connectivity index (χ1n) is 11.0. The molecule has 0 spiro atoms. The highest BCUT2D eigenvalue weighted by atomic mass is 79.9. The molecule has 1 unspecified atom stereocenters. The highest BCUT2D eigenvalue weighted by Gasteiger charge is 2.31. The molecule has 0 bridgehead atoms. The summed E-state index contributed by atoms with van der Waals surface area (Å²) in [5.74, 6) is -0.301. The number of halogens is 2. The van der Waals surface area contributed by atoms with Gasteiger partial charge in [0.2, 0.25) is 5.91 Å². The SMILES string of the molecule is CC(=O)OCCNC(=O)[C@@H]1COCCN1CC1=CC(c2ccc(F)cc2Br)N=C(c2nccs2)N1. The maximum absolute atomic E-state index is 13.7. The Hall–Kier alpha value is -2.67. The predicted molar refractivity (Wildman–Crippen MR) is 133 cm³/mol. The first-order chi connectivity index (χ1) is 16.9. The Morgan fingerprint density at radius 3 is 3.03 bits per heavy atom. The molecule has 0 radical (unpaired) electrons. The quantitative estimate of drug-likeness (QED) is 0.374. The van der Waals surface area contributed by atoms with Gasteiger partial charge in [0.25, 0.3) is 0 Å². The molecule has 1 aromatic heterocycles. The largest absolute Gasteiger partial charge is 0.464 e. The van der Waals surface area contributed by atoms with E-state index in [1.54, 1.807) is 12.3 Å². The lowest BCUT2D eigenvalue weighted by Gasteiger charge is -2.36. The number of morpholine rings is 1. The molecule has 0 aliphatic carbocycles. The number of nitrogens with one attached hydrogen (secondary N) is 2. The van der Waals surface area contributed by atoms with E-state index in [1.165, 1.54) is 30.4 Å². The molecule has 1 aromatic carbocycles. The fourth-order valence-electron chi connectivity index (χ4n) is 3.81. The molecule has 2 aliphatic rings. The van der Waals surface area contributed by atoms with Crippen LogP contribution in [0.4, 0.5) is 4.39 Å². The Bertz CT molecular complexity index is 1130. The minimum Gasteiger partial charge on any atom is -0.464 e. The second-order valence-corrected chi connectivity index (χ2v) is 9.68. The number of esters is 1. The molecule has 3 heterocycles. The minimum atomic E-state index is -0.498. The number of aromatic nitrogens is 1. The van der Waals surface area contributed by atoms with Gasteiger partial charge < -0.3 is 20.1 Å². The van der Waals surface area contributed by atoms with Crippen molar-refractivity contribution in [2.24, 2.45) is 4.99 Å². The third-order valence-corrected chi connectivity index (χ3v) is 6.91. The molecule has 2 atom stereocenters. The Morgan fingerprint density at radius 2 is 2.29 bits per heavy atom. The lowest BCUT2D eigenvalue weighted by Crippen LogP contribution is -2.55. The standard InChI is InChI=1S/C23H25BrFN5O4S/c1-14(31)34-7-4-26-22(32)20-13-33-8-6-30(20)12-16-11-19(17-3-2-15(25)10-18(17)24)29-21(28-16)23-27-5-9-35-23/h2-3,5,9-11,19-20H,4,6-8,12-13H2,1H3,(H,26,32)(H,28,29)/t19?,20-/m0/s1. The van der Waals surface area contributed by atoms with Gasteiger partial charge in [-0.3, -0.25) is 19.5 Å². The maximum atomic E-state index is 13.7. The normalized spacial score (nSPS) is 20.4. The van der Waals surface area contributed by atoms with E-state index in [0.717, 1.165) is 16.3 Å². The average Bonchev–Trinajstić information content (AvgIpc) is 3.37. The molecule has 2 aromatic rings. The van der Waals surface area contributed by atoms with Crippen LogP contribution in [0, 0.1) is 5.82 Å². The minimum absolute atomic E-state index is 0.114. The lowest BCUT2D eigenvalue weighted by atomic mass is 10.0. The van der Waals surface area contributed by atoms with Crippen molar-refractivity contribution in [3.63, 3.8) is 0 Å². The molecule has 1 amide bonds. The topological polar surface area (TPSA) is 105 Å². The Morgan fingerprint density at radius 1 is 1.43 bits per heavy atom. The van der Waals surface area contributed by atoms with E-state index in [9.17, 15) is 14.0 Å². The van der Waals surface area contributed by atoms with E-state index in [1.807, 2.05) is 16.4 Å². The zero-order valence-electron chi connectivity index (χ0n) is 19.0. The molecule has 4 rings (SSSR count). The van der Waals surface area contributed by atoms with Crippen LogP contribution in [0.15, 0.2) is 51.0 Å². The second-order valence-electron chi connectivity index (χ2n) is 7.93. The van der Waals surface area contributed by atoms with Crippen LogP contribution in [0.3, 0.4) is 0 Å². The summed E-state index contributed by atoms with van der Waals surface area (Å²) in [5.41, 5.74) is 1.67. The van der Waals surface area contributed by atoms with Crippen LogP contribution in [0.25, 0.3) is 0 Å². The van der Waals surface area contributed by atoms with Gasteiger partial charge in [-0.15, -0.1) is 11.3 Å². The number of amidine groups is 1. The predicted octanol–water partition coefficient (Wildman–Crippen LogP) is 2.40. The van der Waals surface area contributed by atoms with Gasteiger partial charge in [0.15, 0.2) is 10.8 Å². The van der Waals surface area contributed by atoms with Crippen molar-refractivity contribution in [1.82, 2.24) is 20.5 Å². The first-order valence-corrected chi connectivity index (χ1v) is 12.7. The van der Waals surface area contributed by atoms with Crippen molar-refractivity contribution in [2.45, 2.75) is 19.0 Å². The van der Waals surface area contributed by atoms with E-state index in [-0.39, 0.29) is 37.5 Å². The molecule has 1 saturated heterocycles. The van der Waals surface area contributed by atoms with Crippen LogP contribution in [0.2, 0.25) is 0 Å². The molecule has 1 fully saturated rings. The summed E-state index contributed by atoms with van der Waals surface area (Å²) in [5, 5.41) is 8.77. The lowest BCUT2D eigenvalue weighted by molar-refractivity contribution is -0.142. The van der Waals surface area contributed by atoms with Crippen LogP contribution >= 0.6 is 27.3 Å². The van der Waals surface area contributed by atoms with Crippen LogP contribution in [0.1, 0.15) is 23.5 Å².